The number of nitrogens with zero attached hydrogens (tertiary/aromatic N) is 3. The van der Waals surface area contributed by atoms with Crippen molar-refractivity contribution < 1.29 is 0 Å². The van der Waals surface area contributed by atoms with E-state index in [2.05, 4.69) is 50.4 Å². The third-order valence-corrected chi connectivity index (χ3v) is 3.87. The molecule has 100 valence electrons. The van der Waals surface area contributed by atoms with Crippen LogP contribution in [-0.4, -0.2) is 10.7 Å². The Kier molecular flexibility index (Phi) is 3.31. The second kappa shape index (κ2) is 4.65. The summed E-state index contributed by atoms with van der Waals surface area (Å²) in [5.41, 5.74) is 7.65. The minimum absolute atomic E-state index is 0.874. The predicted octanol–water partition coefficient (Wildman–Crippen LogP) is 4.05. The molecular weight excluding hydrogens is 234 g/mol. The van der Waals surface area contributed by atoms with Crippen LogP contribution in [-0.2, 0) is 0 Å². The molecule has 0 aliphatic carbocycles. The molecule has 1 aromatic heterocycles. The molecule has 2 rings (SSSR count). The summed E-state index contributed by atoms with van der Waals surface area (Å²) in [7, 11) is 0. The number of aromatic nitrogens is 1. The molecule has 3 heteroatoms. The van der Waals surface area contributed by atoms with Gasteiger partial charge in [-0.2, -0.15) is 5.10 Å². The Morgan fingerprint density at radius 1 is 0.947 bits per heavy atom. The van der Waals surface area contributed by atoms with Crippen LogP contribution in [0, 0.1) is 20.8 Å². The van der Waals surface area contributed by atoms with E-state index < -0.39 is 0 Å². The van der Waals surface area contributed by atoms with Crippen LogP contribution in [0.5, 0.6) is 0 Å². The number of hydrogen-bond donors (Lipinski definition) is 0. The summed E-state index contributed by atoms with van der Waals surface area (Å²) in [5, 5.41) is 6.49. The standard InChI is InChI=1S/C16H21N3/c1-9-8-10(2)16(17-13(9)5)19-15(7)12(4)11(3)14(6)18-19/h8H,7H2,1-6H3. The second-order valence-electron chi connectivity index (χ2n) is 5.23. The van der Waals surface area contributed by atoms with E-state index in [0.717, 1.165) is 28.5 Å². The van der Waals surface area contributed by atoms with Crippen molar-refractivity contribution in [2.45, 2.75) is 41.5 Å². The Balaban J connectivity index is 2.56. The van der Waals surface area contributed by atoms with Crippen LogP contribution in [0.4, 0.5) is 5.82 Å². The highest BCUT2D eigenvalue weighted by molar-refractivity contribution is 6.01. The summed E-state index contributed by atoms with van der Waals surface area (Å²) in [6, 6.07) is 2.15. The fraction of sp³-hybridized carbons (Fsp3) is 0.375. The Bertz CT molecular complexity index is 621. The van der Waals surface area contributed by atoms with Gasteiger partial charge >= 0.3 is 0 Å². The van der Waals surface area contributed by atoms with Crippen LogP contribution >= 0.6 is 0 Å². The molecule has 0 amide bonds. The maximum atomic E-state index is 4.68. The largest absolute Gasteiger partial charge is 0.233 e. The number of pyridine rings is 1. The minimum atomic E-state index is 0.874. The van der Waals surface area contributed by atoms with Gasteiger partial charge in [0.1, 0.15) is 0 Å². The topological polar surface area (TPSA) is 28.5 Å². The van der Waals surface area contributed by atoms with E-state index in [0.29, 0.717) is 0 Å². The minimum Gasteiger partial charge on any atom is -0.233 e. The van der Waals surface area contributed by atoms with Crippen molar-refractivity contribution in [2.24, 2.45) is 5.10 Å². The fourth-order valence-electron chi connectivity index (χ4n) is 2.15. The van der Waals surface area contributed by atoms with Crippen LogP contribution in [0.1, 0.15) is 37.6 Å². The van der Waals surface area contributed by atoms with Crippen LogP contribution in [0.3, 0.4) is 0 Å². The first-order valence-electron chi connectivity index (χ1n) is 6.50. The molecular formula is C16H21N3. The molecule has 0 saturated carbocycles. The van der Waals surface area contributed by atoms with Gasteiger partial charge in [-0.25, -0.2) is 9.99 Å². The molecule has 0 bridgehead atoms. The lowest BCUT2D eigenvalue weighted by atomic mass is 10.0. The molecule has 3 nitrogen and oxygen atoms in total. The van der Waals surface area contributed by atoms with E-state index in [9.17, 15) is 0 Å². The van der Waals surface area contributed by atoms with E-state index in [-0.39, 0.29) is 0 Å². The highest BCUT2D eigenvalue weighted by atomic mass is 15.5. The summed E-state index contributed by atoms with van der Waals surface area (Å²) in [6.45, 7) is 16.5. The average molecular weight is 255 g/mol. The van der Waals surface area contributed by atoms with E-state index in [1.807, 2.05) is 18.9 Å². The summed E-state index contributed by atoms with van der Waals surface area (Å²) in [4.78, 5) is 4.68. The molecule has 0 saturated heterocycles. The first kappa shape index (κ1) is 13.5. The first-order valence-corrected chi connectivity index (χ1v) is 6.50. The van der Waals surface area contributed by atoms with Gasteiger partial charge in [0.05, 0.1) is 11.4 Å². The monoisotopic (exact) mass is 255 g/mol. The third-order valence-electron chi connectivity index (χ3n) is 3.87. The predicted molar refractivity (Wildman–Crippen MR) is 81.6 cm³/mol. The van der Waals surface area contributed by atoms with Gasteiger partial charge in [-0.1, -0.05) is 12.6 Å². The van der Waals surface area contributed by atoms with Gasteiger partial charge in [0.25, 0.3) is 0 Å². The number of aryl methyl sites for hydroxylation is 3. The van der Waals surface area contributed by atoms with Crippen molar-refractivity contribution in [1.29, 1.82) is 0 Å². The van der Waals surface area contributed by atoms with Gasteiger partial charge in [-0.05, 0) is 63.8 Å². The lowest BCUT2D eigenvalue weighted by Crippen LogP contribution is -2.25. The van der Waals surface area contributed by atoms with E-state index in [1.165, 1.54) is 16.7 Å². The molecule has 0 atom stereocenters. The normalized spacial score (nSPS) is 16.0. The lowest BCUT2D eigenvalue weighted by molar-refractivity contribution is 0.926. The number of anilines is 1. The van der Waals surface area contributed by atoms with Crippen molar-refractivity contribution in [3.8, 4) is 0 Å². The van der Waals surface area contributed by atoms with Crippen LogP contribution < -0.4 is 5.01 Å². The van der Waals surface area contributed by atoms with Crippen molar-refractivity contribution in [2.75, 3.05) is 5.01 Å². The number of hydrogen-bond acceptors (Lipinski definition) is 3. The van der Waals surface area contributed by atoms with E-state index in [1.54, 1.807) is 0 Å². The molecule has 0 N–H and O–H groups in total. The molecule has 2 heterocycles. The highest BCUT2D eigenvalue weighted by Crippen LogP contribution is 2.30. The number of hydrazone groups is 1. The molecule has 1 aliphatic heterocycles. The van der Waals surface area contributed by atoms with Crippen molar-refractivity contribution in [3.63, 3.8) is 0 Å². The Hall–Kier alpha value is -1.90. The van der Waals surface area contributed by atoms with Gasteiger partial charge in [-0.15, -0.1) is 0 Å². The fourth-order valence-corrected chi connectivity index (χ4v) is 2.15. The Morgan fingerprint density at radius 3 is 2.21 bits per heavy atom. The zero-order chi connectivity index (χ0) is 14.3. The molecule has 1 aromatic rings. The molecule has 0 aromatic carbocycles. The van der Waals surface area contributed by atoms with Gasteiger partial charge in [-0.3, -0.25) is 0 Å². The van der Waals surface area contributed by atoms with Crippen molar-refractivity contribution in [1.82, 2.24) is 4.98 Å². The molecule has 1 aliphatic rings. The first-order chi connectivity index (χ1) is 8.82. The van der Waals surface area contributed by atoms with Crippen LogP contribution in [0.2, 0.25) is 0 Å². The van der Waals surface area contributed by atoms with Crippen molar-refractivity contribution in [3.05, 3.63) is 46.3 Å². The summed E-state index contributed by atoms with van der Waals surface area (Å²) in [5.74, 6) is 0.874. The van der Waals surface area contributed by atoms with E-state index >= 15 is 0 Å². The maximum absolute atomic E-state index is 4.68. The molecule has 0 unspecified atom stereocenters. The molecule has 19 heavy (non-hydrogen) atoms. The van der Waals surface area contributed by atoms with Gasteiger partial charge in [0.2, 0.25) is 0 Å². The van der Waals surface area contributed by atoms with Crippen LogP contribution in [0.15, 0.2) is 34.6 Å². The Morgan fingerprint density at radius 2 is 1.58 bits per heavy atom. The lowest BCUT2D eigenvalue weighted by Gasteiger charge is -2.28. The van der Waals surface area contributed by atoms with Gasteiger partial charge in [0.15, 0.2) is 5.82 Å². The molecule has 0 spiro atoms. The van der Waals surface area contributed by atoms with Gasteiger partial charge < -0.3 is 0 Å². The molecule has 0 fully saturated rings. The second-order valence-corrected chi connectivity index (χ2v) is 5.23. The van der Waals surface area contributed by atoms with Crippen molar-refractivity contribution >= 4 is 11.5 Å². The SMILES string of the molecule is C=C1C(C)=C(C)C(C)=NN1c1nc(C)c(C)cc1C. The maximum Gasteiger partial charge on any atom is 0.157 e. The molecule has 0 radical (unpaired) electrons. The summed E-state index contributed by atoms with van der Waals surface area (Å²) < 4.78 is 0. The smallest absolute Gasteiger partial charge is 0.157 e. The third kappa shape index (κ3) is 2.21. The Labute approximate surface area is 115 Å². The van der Waals surface area contributed by atoms with Crippen LogP contribution in [0.25, 0.3) is 0 Å². The number of allylic oxidation sites excluding steroid dienone is 2. The average Bonchev–Trinajstić information content (AvgIpc) is 2.36. The summed E-state index contributed by atoms with van der Waals surface area (Å²) >= 11 is 0. The zero-order valence-electron chi connectivity index (χ0n) is 12.6. The zero-order valence-corrected chi connectivity index (χ0v) is 12.6. The quantitative estimate of drug-likeness (QED) is 0.757. The highest BCUT2D eigenvalue weighted by Gasteiger charge is 2.22. The van der Waals surface area contributed by atoms with Gasteiger partial charge in [0, 0.05) is 5.69 Å². The number of rotatable bonds is 1. The van der Waals surface area contributed by atoms with E-state index in [4.69, 9.17) is 0 Å². The summed E-state index contributed by atoms with van der Waals surface area (Å²) in [6.07, 6.45) is 0.